The summed E-state index contributed by atoms with van der Waals surface area (Å²) in [5.41, 5.74) is 1.96. The van der Waals surface area contributed by atoms with Crippen molar-refractivity contribution in [2.24, 2.45) is 0 Å². The van der Waals surface area contributed by atoms with Crippen LogP contribution in [-0.2, 0) is 13.1 Å². The quantitative estimate of drug-likeness (QED) is 0.496. The van der Waals surface area contributed by atoms with Gasteiger partial charge in [-0.1, -0.05) is 41.9 Å². The smallest absolute Gasteiger partial charge is 0.123 e. The van der Waals surface area contributed by atoms with E-state index in [2.05, 4.69) is 4.90 Å². The van der Waals surface area contributed by atoms with E-state index in [1.807, 2.05) is 24.3 Å². The molecule has 158 valence electrons. The van der Waals surface area contributed by atoms with Gasteiger partial charge in [0.05, 0.1) is 7.11 Å². The molecule has 1 unspecified atom stereocenters. The van der Waals surface area contributed by atoms with Crippen molar-refractivity contribution in [2.45, 2.75) is 19.2 Å². The standard InChI is InChI=1S/C24H25ClFNO3/c1-29-24-5-3-2-4-19(24)15-27(14-18-6-10-21(26)11-7-18)16-22(28)17-30-23-12-8-20(25)9-13-23/h2-13,22,28H,14-17H2,1H3. The third-order valence-electron chi connectivity index (χ3n) is 4.63. The van der Waals surface area contributed by atoms with E-state index in [0.29, 0.717) is 30.4 Å². The van der Waals surface area contributed by atoms with Gasteiger partial charge in [0.2, 0.25) is 0 Å². The number of methoxy groups -OCH3 is 1. The fourth-order valence-corrected chi connectivity index (χ4v) is 3.31. The summed E-state index contributed by atoms with van der Waals surface area (Å²) in [6.45, 7) is 1.65. The van der Waals surface area contributed by atoms with Crippen LogP contribution >= 0.6 is 11.6 Å². The number of aliphatic hydroxyl groups excluding tert-OH is 1. The molecule has 3 rings (SSSR count). The second-order valence-corrected chi connectivity index (χ2v) is 7.46. The average Bonchev–Trinajstić information content (AvgIpc) is 2.75. The van der Waals surface area contributed by atoms with Gasteiger partial charge in [-0.05, 0) is 48.0 Å². The highest BCUT2D eigenvalue weighted by molar-refractivity contribution is 6.30. The number of hydrogen-bond donors (Lipinski definition) is 1. The van der Waals surface area contributed by atoms with Crippen LogP contribution in [-0.4, -0.2) is 36.4 Å². The van der Waals surface area contributed by atoms with Crippen molar-refractivity contribution in [1.29, 1.82) is 0 Å². The van der Waals surface area contributed by atoms with Crippen LogP contribution in [0.3, 0.4) is 0 Å². The van der Waals surface area contributed by atoms with Gasteiger partial charge < -0.3 is 14.6 Å². The second kappa shape index (κ2) is 11.0. The van der Waals surface area contributed by atoms with E-state index >= 15 is 0 Å². The van der Waals surface area contributed by atoms with Crippen LogP contribution in [0, 0.1) is 5.82 Å². The molecule has 0 spiro atoms. The maximum Gasteiger partial charge on any atom is 0.123 e. The number of aliphatic hydroxyl groups is 1. The van der Waals surface area contributed by atoms with Crippen molar-refractivity contribution < 1.29 is 19.0 Å². The third kappa shape index (κ3) is 6.73. The van der Waals surface area contributed by atoms with Crippen molar-refractivity contribution >= 4 is 11.6 Å². The maximum atomic E-state index is 13.3. The molecule has 6 heteroatoms. The van der Waals surface area contributed by atoms with Crippen molar-refractivity contribution in [2.75, 3.05) is 20.3 Å². The number of nitrogens with zero attached hydrogens (tertiary/aromatic N) is 1. The fourth-order valence-electron chi connectivity index (χ4n) is 3.18. The molecule has 0 heterocycles. The molecule has 1 atom stereocenters. The zero-order chi connectivity index (χ0) is 21.3. The number of benzene rings is 3. The number of rotatable bonds is 10. The Morgan fingerprint density at radius 1 is 0.967 bits per heavy atom. The number of ether oxygens (including phenoxy) is 2. The van der Waals surface area contributed by atoms with E-state index in [-0.39, 0.29) is 12.4 Å². The molecule has 3 aromatic carbocycles. The summed E-state index contributed by atoms with van der Waals surface area (Å²) in [4.78, 5) is 2.08. The van der Waals surface area contributed by atoms with Gasteiger partial charge in [0.25, 0.3) is 0 Å². The molecule has 0 aliphatic heterocycles. The summed E-state index contributed by atoms with van der Waals surface area (Å²) in [6, 6.07) is 21.2. The Bertz CT molecular complexity index is 918. The molecule has 1 N–H and O–H groups in total. The predicted octanol–water partition coefficient (Wildman–Crippen LogP) is 4.93. The fraction of sp³-hybridized carbons (Fsp3) is 0.250. The highest BCUT2D eigenvalue weighted by Crippen LogP contribution is 2.21. The van der Waals surface area contributed by atoms with Crippen LogP contribution in [0.25, 0.3) is 0 Å². The molecule has 0 amide bonds. The number of para-hydroxylation sites is 1. The maximum absolute atomic E-state index is 13.3. The van der Waals surface area contributed by atoms with Crippen LogP contribution in [0.2, 0.25) is 5.02 Å². The van der Waals surface area contributed by atoms with Crippen LogP contribution < -0.4 is 9.47 Å². The van der Waals surface area contributed by atoms with Crippen LogP contribution in [0.4, 0.5) is 4.39 Å². The van der Waals surface area contributed by atoms with E-state index in [9.17, 15) is 9.50 Å². The Balaban J connectivity index is 1.67. The van der Waals surface area contributed by atoms with Crippen molar-refractivity contribution in [3.63, 3.8) is 0 Å². The van der Waals surface area contributed by atoms with Crippen molar-refractivity contribution in [1.82, 2.24) is 4.90 Å². The molecule has 30 heavy (non-hydrogen) atoms. The summed E-state index contributed by atoms with van der Waals surface area (Å²) in [5, 5.41) is 11.2. The summed E-state index contributed by atoms with van der Waals surface area (Å²) in [6.07, 6.45) is -0.712. The highest BCUT2D eigenvalue weighted by Gasteiger charge is 2.16. The van der Waals surface area contributed by atoms with Gasteiger partial charge in [0, 0.05) is 30.2 Å². The Kier molecular flexibility index (Phi) is 8.08. The summed E-state index contributed by atoms with van der Waals surface area (Å²) in [5.74, 6) is 1.16. The highest BCUT2D eigenvalue weighted by atomic mass is 35.5. The largest absolute Gasteiger partial charge is 0.496 e. The lowest BCUT2D eigenvalue weighted by Gasteiger charge is -2.26. The van der Waals surface area contributed by atoms with Crippen LogP contribution in [0.1, 0.15) is 11.1 Å². The minimum Gasteiger partial charge on any atom is -0.496 e. The van der Waals surface area contributed by atoms with E-state index in [1.165, 1.54) is 12.1 Å². The first kappa shape index (κ1) is 22.1. The SMILES string of the molecule is COc1ccccc1CN(Cc1ccc(F)cc1)CC(O)COc1ccc(Cl)cc1. The Hall–Kier alpha value is -2.60. The van der Waals surface area contributed by atoms with Gasteiger partial charge in [0.1, 0.15) is 30.0 Å². The summed E-state index contributed by atoms with van der Waals surface area (Å²) >= 11 is 5.89. The summed E-state index contributed by atoms with van der Waals surface area (Å²) < 4.78 is 24.4. The van der Waals surface area contributed by atoms with Crippen LogP contribution in [0.15, 0.2) is 72.8 Å². The van der Waals surface area contributed by atoms with E-state index in [1.54, 1.807) is 43.5 Å². The van der Waals surface area contributed by atoms with Gasteiger partial charge in [-0.3, -0.25) is 4.90 Å². The molecule has 0 fully saturated rings. The molecule has 0 saturated heterocycles. The van der Waals surface area contributed by atoms with Crippen molar-refractivity contribution in [3.05, 3.63) is 94.8 Å². The molecule has 3 aromatic rings. The van der Waals surface area contributed by atoms with Gasteiger partial charge in [0.15, 0.2) is 0 Å². The zero-order valence-corrected chi connectivity index (χ0v) is 17.6. The predicted molar refractivity (Wildman–Crippen MR) is 116 cm³/mol. The van der Waals surface area contributed by atoms with E-state index in [0.717, 1.165) is 16.9 Å². The second-order valence-electron chi connectivity index (χ2n) is 7.03. The average molecular weight is 430 g/mol. The molecule has 0 aliphatic rings. The molecule has 0 bridgehead atoms. The lowest BCUT2D eigenvalue weighted by molar-refractivity contribution is 0.0626. The Morgan fingerprint density at radius 3 is 2.37 bits per heavy atom. The van der Waals surface area contributed by atoms with Crippen molar-refractivity contribution in [3.8, 4) is 11.5 Å². The molecule has 4 nitrogen and oxygen atoms in total. The Morgan fingerprint density at radius 2 is 1.67 bits per heavy atom. The molecule has 0 saturated carbocycles. The minimum atomic E-state index is -0.712. The van der Waals surface area contributed by atoms with E-state index in [4.69, 9.17) is 21.1 Å². The minimum absolute atomic E-state index is 0.146. The van der Waals surface area contributed by atoms with Gasteiger partial charge in [-0.25, -0.2) is 4.39 Å². The molecule has 0 aliphatic carbocycles. The lowest BCUT2D eigenvalue weighted by Crippen LogP contribution is -2.35. The zero-order valence-electron chi connectivity index (χ0n) is 16.8. The molecule has 0 radical (unpaired) electrons. The lowest BCUT2D eigenvalue weighted by atomic mass is 10.1. The van der Waals surface area contributed by atoms with E-state index < -0.39 is 6.10 Å². The first-order chi connectivity index (χ1) is 14.5. The summed E-state index contributed by atoms with van der Waals surface area (Å²) in [7, 11) is 1.64. The molecule has 0 aromatic heterocycles. The van der Waals surface area contributed by atoms with Gasteiger partial charge in [-0.15, -0.1) is 0 Å². The first-order valence-electron chi connectivity index (χ1n) is 9.68. The van der Waals surface area contributed by atoms with Gasteiger partial charge >= 0.3 is 0 Å². The number of halogens is 2. The van der Waals surface area contributed by atoms with Gasteiger partial charge in [-0.2, -0.15) is 0 Å². The monoisotopic (exact) mass is 429 g/mol. The normalized spacial score (nSPS) is 12.0. The Labute approximate surface area is 181 Å². The third-order valence-corrected chi connectivity index (χ3v) is 4.88. The first-order valence-corrected chi connectivity index (χ1v) is 10.1. The molecular weight excluding hydrogens is 405 g/mol. The van der Waals surface area contributed by atoms with Crippen LogP contribution in [0.5, 0.6) is 11.5 Å². The number of hydrogen-bond acceptors (Lipinski definition) is 4. The molecular formula is C24H25ClFNO3. The topological polar surface area (TPSA) is 41.9 Å².